The Morgan fingerprint density at radius 2 is 2.00 bits per heavy atom. The highest BCUT2D eigenvalue weighted by Gasteiger charge is 2.34. The number of nitrogens with one attached hydrogen (secondary N) is 2. The molecule has 140 valence electrons. The third-order valence-corrected chi connectivity index (χ3v) is 4.48. The lowest BCUT2D eigenvalue weighted by Gasteiger charge is -2.31. The van der Waals surface area contributed by atoms with Crippen molar-refractivity contribution in [3.63, 3.8) is 0 Å². The number of aromatic nitrogens is 1. The van der Waals surface area contributed by atoms with Crippen LogP contribution in [0.15, 0.2) is 42.6 Å². The molecule has 2 aromatic rings. The highest BCUT2D eigenvalue weighted by Crippen LogP contribution is 2.33. The number of ether oxygens (including phenoxy) is 2. The normalized spacial score (nSPS) is 21.4. The average molecular weight is 368 g/mol. The summed E-state index contributed by atoms with van der Waals surface area (Å²) in [6.45, 7) is 3.37. The fraction of sp³-hybridized carbons (Fsp3) is 0.316. The van der Waals surface area contributed by atoms with Gasteiger partial charge in [0.2, 0.25) is 12.0 Å². The topological polar surface area (TPSA) is 92.8 Å². The van der Waals surface area contributed by atoms with Crippen molar-refractivity contribution in [1.82, 2.24) is 10.3 Å². The van der Waals surface area contributed by atoms with E-state index in [0.717, 1.165) is 0 Å². The zero-order chi connectivity index (χ0) is 18.8. The molecular formula is C19H20N4O4. The summed E-state index contributed by atoms with van der Waals surface area (Å²) in [5.74, 6) is 1.55. The quantitative estimate of drug-likeness (QED) is 0.845. The second-order valence-corrected chi connectivity index (χ2v) is 6.47. The van der Waals surface area contributed by atoms with Crippen LogP contribution < -0.4 is 25.0 Å². The van der Waals surface area contributed by atoms with Crippen molar-refractivity contribution in [1.29, 1.82) is 0 Å². The molecule has 3 heterocycles. The first-order valence-electron chi connectivity index (χ1n) is 8.81. The number of benzene rings is 1. The minimum atomic E-state index is -0.759. The van der Waals surface area contributed by atoms with Gasteiger partial charge in [-0.25, -0.2) is 4.98 Å². The van der Waals surface area contributed by atoms with E-state index < -0.39 is 12.2 Å². The molecule has 0 bridgehead atoms. The first-order chi connectivity index (χ1) is 13.1. The standard InChI is InChI=1S/C19H20N4O4/c1-12-18(27-15-5-3-2-4-14(15)26-12)19(25)22-13-6-7-16(21-10-13)23-9-8-20-17(24)11-23/h2-7,10,12,18H,8-9,11H2,1H3,(H,20,24)(H,22,25). The minimum Gasteiger partial charge on any atom is -0.482 e. The van der Waals surface area contributed by atoms with Crippen LogP contribution in [0, 0.1) is 0 Å². The number of anilines is 2. The number of rotatable bonds is 3. The molecule has 0 spiro atoms. The van der Waals surface area contributed by atoms with Crippen molar-refractivity contribution >= 4 is 23.3 Å². The van der Waals surface area contributed by atoms with Gasteiger partial charge in [-0.3, -0.25) is 9.59 Å². The summed E-state index contributed by atoms with van der Waals surface area (Å²) >= 11 is 0. The van der Waals surface area contributed by atoms with Gasteiger partial charge in [-0.1, -0.05) is 12.1 Å². The number of pyridine rings is 1. The van der Waals surface area contributed by atoms with E-state index in [1.165, 1.54) is 0 Å². The van der Waals surface area contributed by atoms with Crippen LogP contribution in [0.1, 0.15) is 6.92 Å². The van der Waals surface area contributed by atoms with Gasteiger partial charge in [0.25, 0.3) is 5.91 Å². The summed E-state index contributed by atoms with van der Waals surface area (Å²) < 4.78 is 11.6. The van der Waals surface area contributed by atoms with Crippen LogP contribution in [0.4, 0.5) is 11.5 Å². The van der Waals surface area contributed by atoms with Crippen LogP contribution in [0.3, 0.4) is 0 Å². The van der Waals surface area contributed by atoms with Crippen molar-refractivity contribution in [3.8, 4) is 11.5 Å². The average Bonchev–Trinajstić information content (AvgIpc) is 2.68. The smallest absolute Gasteiger partial charge is 0.269 e. The Morgan fingerprint density at radius 3 is 2.70 bits per heavy atom. The molecule has 2 unspecified atom stereocenters. The second-order valence-electron chi connectivity index (χ2n) is 6.47. The molecule has 1 fully saturated rings. The fourth-order valence-corrected chi connectivity index (χ4v) is 3.10. The van der Waals surface area contributed by atoms with Crippen LogP contribution in [0.25, 0.3) is 0 Å². The van der Waals surface area contributed by atoms with Crippen LogP contribution >= 0.6 is 0 Å². The van der Waals surface area contributed by atoms with Gasteiger partial charge in [0.1, 0.15) is 11.9 Å². The Hall–Kier alpha value is -3.29. The molecule has 0 saturated carbocycles. The van der Waals surface area contributed by atoms with Crippen LogP contribution in [0.2, 0.25) is 0 Å². The Bertz CT molecular complexity index is 855. The van der Waals surface area contributed by atoms with E-state index in [2.05, 4.69) is 15.6 Å². The monoisotopic (exact) mass is 368 g/mol. The zero-order valence-corrected chi connectivity index (χ0v) is 14.8. The van der Waals surface area contributed by atoms with E-state index in [-0.39, 0.29) is 18.4 Å². The molecule has 1 aromatic carbocycles. The van der Waals surface area contributed by atoms with Gasteiger partial charge in [0.15, 0.2) is 11.5 Å². The summed E-state index contributed by atoms with van der Waals surface area (Å²) in [6.07, 6.45) is 0.395. The first kappa shape index (κ1) is 17.1. The minimum absolute atomic E-state index is 0.0239. The third kappa shape index (κ3) is 3.64. The molecule has 2 N–H and O–H groups in total. The second kappa shape index (κ2) is 7.14. The first-order valence-corrected chi connectivity index (χ1v) is 8.81. The maximum atomic E-state index is 12.6. The SMILES string of the molecule is CC1Oc2ccccc2OC1C(=O)Nc1ccc(N2CCNC(=O)C2)nc1. The van der Waals surface area contributed by atoms with Crippen molar-refractivity contribution < 1.29 is 19.1 Å². The number of carbonyl (C=O) groups is 2. The van der Waals surface area contributed by atoms with Gasteiger partial charge in [0, 0.05) is 13.1 Å². The number of hydrogen-bond donors (Lipinski definition) is 2. The number of nitrogens with zero attached hydrogens (tertiary/aromatic N) is 2. The highest BCUT2D eigenvalue weighted by molar-refractivity contribution is 5.95. The van der Waals surface area contributed by atoms with Crippen molar-refractivity contribution in [2.24, 2.45) is 0 Å². The third-order valence-electron chi connectivity index (χ3n) is 4.48. The van der Waals surface area contributed by atoms with E-state index in [9.17, 15) is 9.59 Å². The predicted octanol–water partition coefficient (Wildman–Crippen LogP) is 1.18. The zero-order valence-electron chi connectivity index (χ0n) is 14.8. The van der Waals surface area contributed by atoms with Gasteiger partial charge in [0.05, 0.1) is 18.4 Å². The molecule has 2 amide bonds. The lowest BCUT2D eigenvalue weighted by atomic mass is 10.1. The molecule has 27 heavy (non-hydrogen) atoms. The van der Waals surface area contributed by atoms with Crippen molar-refractivity contribution in [2.45, 2.75) is 19.1 Å². The number of piperazine rings is 1. The molecule has 8 nitrogen and oxygen atoms in total. The lowest BCUT2D eigenvalue weighted by molar-refractivity contribution is -0.128. The van der Waals surface area contributed by atoms with Gasteiger partial charge >= 0.3 is 0 Å². The summed E-state index contributed by atoms with van der Waals surface area (Å²) in [5.41, 5.74) is 0.555. The summed E-state index contributed by atoms with van der Waals surface area (Å²) in [4.78, 5) is 30.3. The van der Waals surface area contributed by atoms with Crippen molar-refractivity contribution in [2.75, 3.05) is 29.9 Å². The van der Waals surface area contributed by atoms with Gasteiger partial charge < -0.3 is 25.0 Å². The Morgan fingerprint density at radius 1 is 1.22 bits per heavy atom. The summed E-state index contributed by atoms with van der Waals surface area (Å²) in [7, 11) is 0. The van der Waals surface area contributed by atoms with E-state index in [1.54, 1.807) is 31.3 Å². The van der Waals surface area contributed by atoms with Gasteiger partial charge in [-0.05, 0) is 31.2 Å². The fourth-order valence-electron chi connectivity index (χ4n) is 3.10. The molecule has 2 aliphatic rings. The molecule has 1 saturated heterocycles. The summed E-state index contributed by atoms with van der Waals surface area (Å²) in [6, 6.07) is 10.8. The Labute approximate surface area is 156 Å². The number of para-hydroxylation sites is 2. The molecule has 2 atom stereocenters. The van der Waals surface area contributed by atoms with E-state index in [1.807, 2.05) is 23.1 Å². The van der Waals surface area contributed by atoms with Crippen LogP contribution in [-0.2, 0) is 9.59 Å². The Balaban J connectivity index is 1.42. The number of hydrogen-bond acceptors (Lipinski definition) is 6. The predicted molar refractivity (Wildman–Crippen MR) is 99.0 cm³/mol. The Kier molecular flexibility index (Phi) is 4.53. The molecule has 0 aliphatic carbocycles. The van der Waals surface area contributed by atoms with Gasteiger partial charge in [-0.2, -0.15) is 0 Å². The molecule has 0 radical (unpaired) electrons. The summed E-state index contributed by atoms with van der Waals surface area (Å²) in [5, 5.41) is 5.58. The van der Waals surface area contributed by atoms with Crippen LogP contribution in [-0.4, -0.2) is 48.6 Å². The molecule has 2 aliphatic heterocycles. The van der Waals surface area contributed by atoms with E-state index >= 15 is 0 Å². The number of fused-ring (bicyclic) bond motifs is 1. The molecule has 4 rings (SSSR count). The number of carbonyl (C=O) groups excluding carboxylic acids is 2. The molecule has 8 heteroatoms. The van der Waals surface area contributed by atoms with Gasteiger partial charge in [-0.15, -0.1) is 0 Å². The molecular weight excluding hydrogens is 348 g/mol. The van der Waals surface area contributed by atoms with Crippen LogP contribution in [0.5, 0.6) is 11.5 Å². The maximum absolute atomic E-state index is 12.6. The van der Waals surface area contributed by atoms with E-state index in [0.29, 0.717) is 36.1 Å². The lowest BCUT2D eigenvalue weighted by Crippen LogP contribution is -2.48. The van der Waals surface area contributed by atoms with E-state index in [4.69, 9.17) is 9.47 Å². The highest BCUT2D eigenvalue weighted by atomic mass is 16.6. The van der Waals surface area contributed by atoms with Crippen molar-refractivity contribution in [3.05, 3.63) is 42.6 Å². The maximum Gasteiger partial charge on any atom is 0.269 e. The number of amides is 2. The molecule has 1 aromatic heterocycles. The largest absolute Gasteiger partial charge is 0.482 e.